The fraction of sp³-hybridized carbons (Fsp3) is 0.261. The van der Waals surface area contributed by atoms with E-state index in [2.05, 4.69) is 52.8 Å². The summed E-state index contributed by atoms with van der Waals surface area (Å²) >= 11 is 1.43. The zero-order chi connectivity index (χ0) is 19.8. The van der Waals surface area contributed by atoms with Crippen LogP contribution in [-0.2, 0) is 11.2 Å². The Morgan fingerprint density at radius 1 is 1.17 bits per heavy atom. The summed E-state index contributed by atoms with van der Waals surface area (Å²) in [6.07, 6.45) is 3.19. The molecule has 0 aliphatic heterocycles. The molecule has 0 saturated carbocycles. The van der Waals surface area contributed by atoms with Gasteiger partial charge in [-0.3, -0.25) is 9.20 Å². The molecule has 6 heteroatoms. The Balaban J connectivity index is 1.35. The highest BCUT2D eigenvalue weighted by Crippen LogP contribution is 2.30. The van der Waals surface area contributed by atoms with Crippen LogP contribution in [-0.4, -0.2) is 26.3 Å². The lowest BCUT2D eigenvalue weighted by molar-refractivity contribution is -0.119. The lowest BCUT2D eigenvalue weighted by atomic mass is 9.88. The van der Waals surface area contributed by atoms with Crippen LogP contribution >= 0.6 is 11.8 Å². The number of nitrogens with one attached hydrogen (secondary N) is 1. The van der Waals surface area contributed by atoms with E-state index in [-0.39, 0.29) is 11.9 Å². The quantitative estimate of drug-likeness (QED) is 0.512. The summed E-state index contributed by atoms with van der Waals surface area (Å²) in [6, 6.07) is 18.8. The molecular formula is C23H22N4OS. The second-order valence-electron chi connectivity index (χ2n) is 7.52. The van der Waals surface area contributed by atoms with Crippen LogP contribution < -0.4 is 5.32 Å². The molecule has 0 unspecified atom stereocenters. The van der Waals surface area contributed by atoms with Crippen LogP contribution in [0, 0.1) is 6.92 Å². The normalized spacial score (nSPS) is 16.1. The monoisotopic (exact) mass is 402 g/mol. The number of aromatic nitrogens is 3. The van der Waals surface area contributed by atoms with Gasteiger partial charge in [0.25, 0.3) is 0 Å². The molecule has 2 aromatic carbocycles. The van der Waals surface area contributed by atoms with Crippen molar-refractivity contribution in [3.8, 4) is 0 Å². The smallest absolute Gasteiger partial charge is 0.230 e. The summed E-state index contributed by atoms with van der Waals surface area (Å²) < 4.78 is 2.04. The molecule has 1 N–H and O–H groups in total. The van der Waals surface area contributed by atoms with Crippen molar-refractivity contribution in [3.63, 3.8) is 0 Å². The van der Waals surface area contributed by atoms with Crippen LogP contribution in [0.3, 0.4) is 0 Å². The van der Waals surface area contributed by atoms with Crippen LogP contribution in [0.25, 0.3) is 16.6 Å². The van der Waals surface area contributed by atoms with E-state index in [1.807, 2.05) is 28.7 Å². The summed E-state index contributed by atoms with van der Waals surface area (Å²) in [6.45, 7) is 2.08. The van der Waals surface area contributed by atoms with Crippen molar-refractivity contribution >= 4 is 34.2 Å². The Morgan fingerprint density at radius 2 is 2.00 bits per heavy atom. The van der Waals surface area contributed by atoms with Crippen LogP contribution in [0.5, 0.6) is 0 Å². The van der Waals surface area contributed by atoms with Crippen LogP contribution in [0.4, 0.5) is 0 Å². The number of hydrogen-bond donors (Lipinski definition) is 1. The Morgan fingerprint density at radius 3 is 2.93 bits per heavy atom. The SMILES string of the molecule is Cc1cc2nnc(SCC(=O)N[C@@H]3CCCc4ccccc43)n2c2ccccc12. The van der Waals surface area contributed by atoms with Gasteiger partial charge in [0.15, 0.2) is 10.8 Å². The first-order valence-electron chi connectivity index (χ1n) is 9.94. The highest BCUT2D eigenvalue weighted by atomic mass is 32.2. The number of hydrogen-bond acceptors (Lipinski definition) is 4. The van der Waals surface area contributed by atoms with E-state index in [1.54, 1.807) is 0 Å². The largest absolute Gasteiger partial charge is 0.349 e. The van der Waals surface area contributed by atoms with Crippen molar-refractivity contribution < 1.29 is 4.79 Å². The number of rotatable bonds is 4. The number of pyridine rings is 1. The summed E-state index contributed by atoms with van der Waals surface area (Å²) in [5.41, 5.74) is 5.65. The van der Waals surface area contributed by atoms with E-state index >= 15 is 0 Å². The van der Waals surface area contributed by atoms with Gasteiger partial charge in [-0.2, -0.15) is 0 Å². The van der Waals surface area contributed by atoms with Crippen molar-refractivity contribution in [2.45, 2.75) is 37.4 Å². The molecular weight excluding hydrogens is 380 g/mol. The number of carbonyl (C=O) groups is 1. The molecule has 0 bridgehead atoms. The van der Waals surface area contributed by atoms with Gasteiger partial charge in [0.2, 0.25) is 5.91 Å². The van der Waals surface area contributed by atoms with Gasteiger partial charge in [-0.25, -0.2) is 0 Å². The van der Waals surface area contributed by atoms with Crippen LogP contribution in [0.15, 0.2) is 59.8 Å². The molecule has 29 heavy (non-hydrogen) atoms. The molecule has 0 fully saturated rings. The molecule has 0 spiro atoms. The lowest BCUT2D eigenvalue weighted by Gasteiger charge is -2.26. The van der Waals surface area contributed by atoms with E-state index in [1.165, 1.54) is 33.8 Å². The van der Waals surface area contributed by atoms with E-state index < -0.39 is 0 Å². The lowest BCUT2D eigenvalue weighted by Crippen LogP contribution is -2.32. The maximum Gasteiger partial charge on any atom is 0.230 e. The number of aryl methyl sites for hydroxylation is 2. The van der Waals surface area contributed by atoms with Gasteiger partial charge in [0.1, 0.15) is 0 Å². The van der Waals surface area contributed by atoms with Gasteiger partial charge >= 0.3 is 0 Å². The van der Waals surface area contributed by atoms with Crippen molar-refractivity contribution in [2.24, 2.45) is 0 Å². The van der Waals surface area contributed by atoms with E-state index in [0.29, 0.717) is 5.75 Å². The minimum absolute atomic E-state index is 0.0323. The molecule has 5 nitrogen and oxygen atoms in total. The summed E-state index contributed by atoms with van der Waals surface area (Å²) in [7, 11) is 0. The summed E-state index contributed by atoms with van der Waals surface area (Å²) in [5, 5.41) is 13.8. The molecule has 1 aliphatic carbocycles. The van der Waals surface area contributed by atoms with Gasteiger partial charge < -0.3 is 5.32 Å². The molecule has 2 aromatic heterocycles. The predicted molar refractivity (Wildman–Crippen MR) is 116 cm³/mol. The maximum absolute atomic E-state index is 12.7. The van der Waals surface area contributed by atoms with E-state index in [4.69, 9.17) is 0 Å². The van der Waals surface area contributed by atoms with Gasteiger partial charge in [-0.05, 0) is 55.0 Å². The first-order valence-corrected chi connectivity index (χ1v) is 10.9. The maximum atomic E-state index is 12.7. The Bertz CT molecular complexity index is 1220. The van der Waals surface area contributed by atoms with Gasteiger partial charge in [0, 0.05) is 5.39 Å². The zero-order valence-electron chi connectivity index (χ0n) is 16.3. The average molecular weight is 403 g/mol. The number of nitrogens with zero attached hydrogens (tertiary/aromatic N) is 3. The van der Waals surface area contributed by atoms with Gasteiger partial charge in [-0.15, -0.1) is 10.2 Å². The minimum Gasteiger partial charge on any atom is -0.349 e. The number of thioether (sulfide) groups is 1. The van der Waals surface area contributed by atoms with Gasteiger partial charge in [-0.1, -0.05) is 54.2 Å². The Labute approximate surface area is 173 Å². The minimum atomic E-state index is 0.0323. The number of fused-ring (bicyclic) bond motifs is 4. The van der Waals surface area contributed by atoms with Crippen molar-refractivity contribution in [2.75, 3.05) is 5.75 Å². The standard InChI is InChI=1S/C23H22N4OS/c1-15-13-21-25-26-23(27(21)20-12-5-4-9-17(15)20)29-14-22(28)24-19-11-6-8-16-7-2-3-10-18(16)19/h2-5,7,9-10,12-13,19H,6,8,11,14H2,1H3,(H,24,28)/t19-/m1/s1. The molecule has 5 rings (SSSR count). The third kappa shape index (κ3) is 3.38. The molecule has 1 atom stereocenters. The second-order valence-corrected chi connectivity index (χ2v) is 8.46. The third-order valence-electron chi connectivity index (χ3n) is 5.61. The fourth-order valence-corrected chi connectivity index (χ4v) is 5.00. The highest BCUT2D eigenvalue weighted by molar-refractivity contribution is 7.99. The molecule has 1 amide bonds. The van der Waals surface area contributed by atoms with Crippen LogP contribution in [0.2, 0.25) is 0 Å². The highest BCUT2D eigenvalue weighted by Gasteiger charge is 2.22. The molecule has 4 aromatic rings. The van der Waals surface area contributed by atoms with E-state index in [9.17, 15) is 4.79 Å². The number of benzene rings is 2. The molecule has 0 saturated heterocycles. The predicted octanol–water partition coefficient (Wildman–Crippen LogP) is 4.48. The third-order valence-corrected chi connectivity index (χ3v) is 6.54. The molecule has 1 aliphatic rings. The average Bonchev–Trinajstić information content (AvgIpc) is 3.16. The Kier molecular flexibility index (Phi) is 4.72. The van der Waals surface area contributed by atoms with Crippen molar-refractivity contribution in [3.05, 3.63) is 71.3 Å². The Hall–Kier alpha value is -2.86. The van der Waals surface area contributed by atoms with Crippen LogP contribution in [0.1, 0.15) is 35.6 Å². The zero-order valence-corrected chi connectivity index (χ0v) is 17.1. The molecule has 2 heterocycles. The summed E-state index contributed by atoms with van der Waals surface area (Å²) in [4.78, 5) is 12.7. The summed E-state index contributed by atoms with van der Waals surface area (Å²) in [5.74, 6) is 0.353. The van der Waals surface area contributed by atoms with E-state index in [0.717, 1.165) is 35.6 Å². The first-order chi connectivity index (χ1) is 14.2. The molecule has 0 radical (unpaired) electrons. The molecule has 146 valence electrons. The number of amides is 1. The van der Waals surface area contributed by atoms with Crippen molar-refractivity contribution in [1.29, 1.82) is 0 Å². The number of carbonyl (C=O) groups excluding carboxylic acids is 1. The second kappa shape index (κ2) is 7.52. The first kappa shape index (κ1) is 18.2. The number of para-hydroxylation sites is 1. The van der Waals surface area contributed by atoms with Crippen molar-refractivity contribution in [1.82, 2.24) is 19.9 Å². The fourth-order valence-electron chi connectivity index (χ4n) is 4.24. The topological polar surface area (TPSA) is 59.3 Å². The van der Waals surface area contributed by atoms with Gasteiger partial charge in [0.05, 0.1) is 17.3 Å².